The van der Waals surface area contributed by atoms with Gasteiger partial charge in [-0.25, -0.2) is 8.42 Å². The van der Waals surface area contributed by atoms with E-state index < -0.39 is 32.4 Å². The van der Waals surface area contributed by atoms with Crippen molar-refractivity contribution in [2.75, 3.05) is 19.9 Å². The molecule has 1 aromatic carbocycles. The molecule has 0 aliphatic heterocycles. The molecule has 1 unspecified atom stereocenters. The number of nitrogens with one attached hydrogen (secondary N) is 1. The lowest BCUT2D eigenvalue weighted by Crippen LogP contribution is -2.51. The summed E-state index contributed by atoms with van der Waals surface area (Å²) >= 11 is 0. The molecule has 0 spiro atoms. The number of aliphatic carboxylic acids is 1. The molecular formula is C18H25NO6S. The van der Waals surface area contributed by atoms with Gasteiger partial charge in [-0.05, 0) is 30.9 Å². The van der Waals surface area contributed by atoms with E-state index in [1.807, 2.05) is 0 Å². The fraction of sp³-hybridized carbons (Fsp3) is 0.556. The smallest absolute Gasteiger partial charge is 0.308 e. The average molecular weight is 383 g/mol. The van der Waals surface area contributed by atoms with Gasteiger partial charge < -0.3 is 15.2 Å². The molecule has 0 heterocycles. The summed E-state index contributed by atoms with van der Waals surface area (Å²) in [5, 5.41) is 12.1. The van der Waals surface area contributed by atoms with Crippen LogP contribution in [0.25, 0.3) is 0 Å². The highest BCUT2D eigenvalue weighted by Crippen LogP contribution is 2.36. The van der Waals surface area contributed by atoms with Crippen LogP contribution in [0.15, 0.2) is 24.3 Å². The van der Waals surface area contributed by atoms with Gasteiger partial charge in [0.15, 0.2) is 9.84 Å². The number of benzene rings is 1. The van der Waals surface area contributed by atoms with Crippen molar-refractivity contribution in [2.24, 2.45) is 5.92 Å². The minimum Gasteiger partial charge on any atom is -0.496 e. The van der Waals surface area contributed by atoms with Crippen LogP contribution >= 0.6 is 0 Å². The number of sulfone groups is 1. The molecule has 0 radical (unpaired) electrons. The van der Waals surface area contributed by atoms with E-state index in [0.717, 1.165) is 11.8 Å². The van der Waals surface area contributed by atoms with Crippen molar-refractivity contribution < 1.29 is 27.9 Å². The van der Waals surface area contributed by atoms with Gasteiger partial charge in [-0.1, -0.05) is 31.0 Å². The van der Waals surface area contributed by atoms with Crippen LogP contribution in [0.4, 0.5) is 0 Å². The third kappa shape index (κ3) is 4.17. The van der Waals surface area contributed by atoms with Crippen molar-refractivity contribution in [3.05, 3.63) is 29.8 Å². The number of para-hydroxylation sites is 1. The Morgan fingerprint density at radius 2 is 1.88 bits per heavy atom. The molecule has 26 heavy (non-hydrogen) atoms. The lowest BCUT2D eigenvalue weighted by Gasteiger charge is -2.26. The van der Waals surface area contributed by atoms with Crippen LogP contribution in [0.2, 0.25) is 0 Å². The van der Waals surface area contributed by atoms with Crippen LogP contribution < -0.4 is 10.1 Å². The minimum atomic E-state index is -3.58. The normalized spacial score (nSPS) is 17.5. The molecule has 0 bridgehead atoms. The maximum absolute atomic E-state index is 12.6. The summed E-state index contributed by atoms with van der Waals surface area (Å²) in [6.07, 6.45) is 3.14. The zero-order chi connectivity index (χ0) is 19.4. The van der Waals surface area contributed by atoms with Gasteiger partial charge >= 0.3 is 5.97 Å². The highest BCUT2D eigenvalue weighted by molar-refractivity contribution is 7.92. The first-order valence-electron chi connectivity index (χ1n) is 8.54. The number of methoxy groups -OCH3 is 1. The number of hydrogen-bond donors (Lipinski definition) is 2. The topological polar surface area (TPSA) is 110 Å². The van der Waals surface area contributed by atoms with Gasteiger partial charge in [0.2, 0.25) is 5.91 Å². The number of hydrogen-bond acceptors (Lipinski definition) is 5. The highest BCUT2D eigenvalue weighted by atomic mass is 32.2. The fourth-order valence-corrected chi connectivity index (χ4v) is 4.91. The summed E-state index contributed by atoms with van der Waals surface area (Å²) in [4.78, 5) is 24.2. The molecular weight excluding hydrogens is 358 g/mol. The van der Waals surface area contributed by atoms with Crippen LogP contribution in [0, 0.1) is 5.92 Å². The molecule has 0 saturated heterocycles. The molecule has 1 aromatic rings. The SMILES string of the molecule is COc1ccccc1CC(CNC(=O)C1(S(C)(=O)=O)CCCC1)C(=O)O. The van der Waals surface area contributed by atoms with Crippen molar-refractivity contribution in [3.63, 3.8) is 0 Å². The molecule has 7 nitrogen and oxygen atoms in total. The maximum Gasteiger partial charge on any atom is 0.308 e. The fourth-order valence-electron chi connectivity index (χ4n) is 3.47. The van der Waals surface area contributed by atoms with E-state index >= 15 is 0 Å². The van der Waals surface area contributed by atoms with Gasteiger partial charge in [-0.2, -0.15) is 0 Å². The quantitative estimate of drug-likeness (QED) is 0.702. The van der Waals surface area contributed by atoms with Crippen molar-refractivity contribution in [1.82, 2.24) is 5.32 Å². The molecule has 2 N–H and O–H groups in total. The zero-order valence-electron chi connectivity index (χ0n) is 15.0. The summed E-state index contributed by atoms with van der Waals surface area (Å²) in [6, 6.07) is 7.08. The largest absolute Gasteiger partial charge is 0.496 e. The number of amides is 1. The third-order valence-corrected chi connectivity index (χ3v) is 7.07. The van der Waals surface area contributed by atoms with E-state index in [0.29, 0.717) is 18.6 Å². The summed E-state index contributed by atoms with van der Waals surface area (Å²) < 4.78 is 28.1. The molecule has 1 aliphatic carbocycles. The van der Waals surface area contributed by atoms with Crippen molar-refractivity contribution >= 4 is 21.7 Å². The summed E-state index contributed by atoms with van der Waals surface area (Å²) in [6.45, 7) is -0.135. The van der Waals surface area contributed by atoms with Crippen molar-refractivity contribution in [3.8, 4) is 5.75 Å². The lowest BCUT2D eigenvalue weighted by molar-refractivity contribution is -0.141. The Bertz CT molecular complexity index is 768. The molecule has 8 heteroatoms. The number of ether oxygens (including phenoxy) is 1. The van der Waals surface area contributed by atoms with Crippen molar-refractivity contribution in [1.29, 1.82) is 0 Å². The Morgan fingerprint density at radius 1 is 1.27 bits per heavy atom. The van der Waals surface area contributed by atoms with E-state index in [9.17, 15) is 23.1 Å². The zero-order valence-corrected chi connectivity index (χ0v) is 15.8. The number of carboxylic acid groups (broad SMARTS) is 1. The minimum absolute atomic E-state index is 0.135. The van der Waals surface area contributed by atoms with E-state index in [4.69, 9.17) is 4.74 Å². The Hall–Kier alpha value is -2.09. The van der Waals surface area contributed by atoms with Crippen LogP contribution in [0.5, 0.6) is 5.75 Å². The highest BCUT2D eigenvalue weighted by Gasteiger charge is 2.50. The second kappa shape index (κ2) is 8.07. The summed E-state index contributed by atoms with van der Waals surface area (Å²) in [7, 11) is -2.07. The Balaban J connectivity index is 2.11. The Labute approximate surface area is 153 Å². The number of carbonyl (C=O) groups is 2. The first-order chi connectivity index (χ1) is 12.2. The lowest BCUT2D eigenvalue weighted by atomic mass is 9.98. The first kappa shape index (κ1) is 20.2. The predicted octanol–water partition coefficient (Wildman–Crippen LogP) is 1.41. The van der Waals surface area contributed by atoms with Crippen molar-refractivity contribution in [2.45, 2.75) is 36.9 Å². The predicted molar refractivity (Wildman–Crippen MR) is 96.9 cm³/mol. The standard InChI is InChI=1S/C18H25NO6S/c1-25-15-8-4-3-7-13(15)11-14(16(20)21)12-19-17(22)18(26(2,23)24)9-5-6-10-18/h3-4,7-8,14H,5-6,9-12H2,1-2H3,(H,19,22)(H,20,21). The van der Waals surface area contributed by atoms with E-state index in [1.165, 1.54) is 7.11 Å². The summed E-state index contributed by atoms with van der Waals surface area (Å²) in [5.74, 6) is -1.96. The molecule has 1 amide bonds. The average Bonchev–Trinajstić information content (AvgIpc) is 3.09. The molecule has 144 valence electrons. The number of carboxylic acids is 1. The number of rotatable bonds is 8. The maximum atomic E-state index is 12.6. The molecule has 1 saturated carbocycles. The van der Waals surface area contributed by atoms with Crippen LogP contribution in [-0.4, -0.2) is 50.1 Å². The molecule has 1 aliphatic rings. The number of carbonyl (C=O) groups excluding carboxylic acids is 1. The van der Waals surface area contributed by atoms with Gasteiger partial charge in [-0.15, -0.1) is 0 Å². The van der Waals surface area contributed by atoms with E-state index in [2.05, 4.69) is 5.32 Å². The third-order valence-electron chi connectivity index (χ3n) is 5.05. The first-order valence-corrected chi connectivity index (χ1v) is 10.4. The Morgan fingerprint density at radius 3 is 2.42 bits per heavy atom. The van der Waals surface area contributed by atoms with Gasteiger partial charge in [0, 0.05) is 12.8 Å². The molecule has 1 fully saturated rings. The van der Waals surface area contributed by atoms with Gasteiger partial charge in [0.1, 0.15) is 10.5 Å². The van der Waals surface area contributed by atoms with E-state index in [1.54, 1.807) is 24.3 Å². The van der Waals surface area contributed by atoms with Crippen LogP contribution in [-0.2, 0) is 25.8 Å². The van der Waals surface area contributed by atoms with Gasteiger partial charge in [-0.3, -0.25) is 9.59 Å². The second-order valence-electron chi connectivity index (χ2n) is 6.73. The summed E-state index contributed by atoms with van der Waals surface area (Å²) in [5.41, 5.74) is 0.718. The van der Waals surface area contributed by atoms with Crippen LogP contribution in [0.3, 0.4) is 0 Å². The van der Waals surface area contributed by atoms with Gasteiger partial charge in [0.25, 0.3) is 0 Å². The second-order valence-corrected chi connectivity index (χ2v) is 9.06. The molecule has 2 rings (SSSR count). The van der Waals surface area contributed by atoms with Crippen LogP contribution in [0.1, 0.15) is 31.2 Å². The monoisotopic (exact) mass is 383 g/mol. The molecule has 1 atom stereocenters. The van der Waals surface area contributed by atoms with E-state index in [-0.39, 0.29) is 25.8 Å². The Kier molecular flexibility index (Phi) is 6.28. The van der Waals surface area contributed by atoms with Gasteiger partial charge in [0.05, 0.1) is 13.0 Å². The molecule has 0 aromatic heterocycles.